The molecule has 6 nitrogen and oxygen atoms in total. The van der Waals surface area contributed by atoms with Crippen LogP contribution in [0, 0.1) is 0 Å². The summed E-state index contributed by atoms with van der Waals surface area (Å²) >= 11 is 2.83. The van der Waals surface area contributed by atoms with E-state index in [1.807, 2.05) is 42.5 Å². The molecule has 8 heteroatoms. The van der Waals surface area contributed by atoms with Crippen LogP contribution in [0.3, 0.4) is 0 Å². The minimum Gasteiger partial charge on any atom is -0.497 e. The zero-order chi connectivity index (χ0) is 18.9. The van der Waals surface area contributed by atoms with Crippen molar-refractivity contribution >= 4 is 34.1 Å². The zero-order valence-electron chi connectivity index (χ0n) is 14.8. The summed E-state index contributed by atoms with van der Waals surface area (Å²) in [6.07, 6.45) is 0. The first-order valence-electron chi connectivity index (χ1n) is 8.36. The smallest absolute Gasteiger partial charge is 0.230 e. The van der Waals surface area contributed by atoms with E-state index in [1.165, 1.54) is 28.7 Å². The van der Waals surface area contributed by atoms with Crippen LogP contribution >= 0.6 is 23.1 Å². The molecule has 2 N–H and O–H groups in total. The van der Waals surface area contributed by atoms with Gasteiger partial charge in [0.25, 0.3) is 0 Å². The number of anilines is 1. The maximum Gasteiger partial charge on any atom is 0.230 e. The van der Waals surface area contributed by atoms with Crippen LogP contribution in [0.1, 0.15) is 11.1 Å². The molecule has 0 radical (unpaired) electrons. The van der Waals surface area contributed by atoms with Gasteiger partial charge in [-0.25, -0.2) is 0 Å². The van der Waals surface area contributed by atoms with Gasteiger partial charge in [0, 0.05) is 13.1 Å². The van der Waals surface area contributed by atoms with Gasteiger partial charge in [-0.05, 0) is 23.3 Å². The summed E-state index contributed by atoms with van der Waals surface area (Å²) in [5.41, 5.74) is 2.18. The fraction of sp³-hybridized carbons (Fsp3) is 0.211. The number of aromatic nitrogens is 2. The second-order valence-electron chi connectivity index (χ2n) is 5.63. The lowest BCUT2D eigenvalue weighted by atomic mass is 10.2. The van der Waals surface area contributed by atoms with Crippen molar-refractivity contribution in [2.45, 2.75) is 17.4 Å². The van der Waals surface area contributed by atoms with E-state index < -0.39 is 0 Å². The van der Waals surface area contributed by atoms with Gasteiger partial charge in [0.15, 0.2) is 4.34 Å². The first-order chi connectivity index (χ1) is 13.2. The highest BCUT2D eigenvalue weighted by Crippen LogP contribution is 2.25. The van der Waals surface area contributed by atoms with Crippen molar-refractivity contribution in [3.63, 3.8) is 0 Å². The van der Waals surface area contributed by atoms with E-state index in [0.717, 1.165) is 20.8 Å². The number of nitrogens with one attached hydrogen (secondary N) is 2. The zero-order valence-corrected chi connectivity index (χ0v) is 16.5. The summed E-state index contributed by atoms with van der Waals surface area (Å²) in [6.45, 7) is 1.16. The summed E-state index contributed by atoms with van der Waals surface area (Å²) in [5.74, 6) is 1.04. The average molecular weight is 401 g/mol. The van der Waals surface area contributed by atoms with Crippen molar-refractivity contribution in [3.8, 4) is 5.75 Å². The van der Waals surface area contributed by atoms with Gasteiger partial charge in [0.05, 0.1) is 12.9 Å². The molecule has 3 rings (SSSR count). The fourth-order valence-electron chi connectivity index (χ4n) is 2.27. The molecule has 0 spiro atoms. The number of methoxy groups -OCH3 is 1. The van der Waals surface area contributed by atoms with Crippen LogP contribution in [0.25, 0.3) is 0 Å². The summed E-state index contributed by atoms with van der Waals surface area (Å²) in [5, 5.41) is 15.1. The lowest BCUT2D eigenvalue weighted by molar-refractivity contribution is -0.118. The molecule has 0 saturated carbocycles. The number of hydrogen-bond donors (Lipinski definition) is 2. The van der Waals surface area contributed by atoms with Gasteiger partial charge in [-0.1, -0.05) is 65.6 Å². The summed E-state index contributed by atoms with van der Waals surface area (Å²) in [6, 6.07) is 17.7. The molecule has 1 heterocycles. The van der Waals surface area contributed by atoms with E-state index in [4.69, 9.17) is 4.74 Å². The second-order valence-corrected chi connectivity index (χ2v) is 7.83. The van der Waals surface area contributed by atoms with E-state index in [-0.39, 0.29) is 5.91 Å². The molecule has 0 bridgehead atoms. The highest BCUT2D eigenvalue weighted by Gasteiger charge is 2.08. The third-order valence-electron chi connectivity index (χ3n) is 3.64. The van der Waals surface area contributed by atoms with E-state index in [0.29, 0.717) is 18.8 Å². The molecular formula is C19H20N4O2S2. The number of hydrogen-bond acceptors (Lipinski definition) is 7. The molecule has 0 aliphatic rings. The molecule has 27 heavy (non-hydrogen) atoms. The number of rotatable bonds is 9. The number of benzene rings is 2. The van der Waals surface area contributed by atoms with Crippen molar-refractivity contribution in [1.82, 2.24) is 15.5 Å². The third-order valence-corrected chi connectivity index (χ3v) is 5.66. The molecule has 140 valence electrons. The van der Waals surface area contributed by atoms with E-state index in [2.05, 4.69) is 33.0 Å². The number of carbonyl (C=O) groups is 1. The molecule has 0 aliphatic heterocycles. The van der Waals surface area contributed by atoms with Crippen LogP contribution in [-0.4, -0.2) is 29.0 Å². The summed E-state index contributed by atoms with van der Waals surface area (Å²) in [4.78, 5) is 12.0. The monoisotopic (exact) mass is 400 g/mol. The molecule has 3 aromatic rings. The van der Waals surface area contributed by atoms with E-state index >= 15 is 0 Å². The highest BCUT2D eigenvalue weighted by molar-refractivity contribution is 8.01. The first-order valence-corrected chi connectivity index (χ1v) is 10.2. The largest absolute Gasteiger partial charge is 0.497 e. The highest BCUT2D eigenvalue weighted by atomic mass is 32.2. The standard InChI is InChI=1S/C19H20N4O2S2/c1-25-16-9-5-8-15(10-16)12-20-17(24)13-26-19-23-22-18(27-19)21-11-14-6-3-2-4-7-14/h2-10H,11-13H2,1H3,(H,20,24)(H,21,22). The topological polar surface area (TPSA) is 76.1 Å². The molecule has 1 aromatic heterocycles. The molecule has 0 saturated heterocycles. The molecule has 0 atom stereocenters. The number of amides is 1. The van der Waals surface area contributed by atoms with Crippen molar-refractivity contribution in [3.05, 3.63) is 65.7 Å². The van der Waals surface area contributed by atoms with Gasteiger partial charge in [-0.2, -0.15) is 0 Å². The van der Waals surface area contributed by atoms with Crippen LogP contribution in [0.4, 0.5) is 5.13 Å². The Hall–Kier alpha value is -2.58. The Bertz CT molecular complexity index is 871. The minimum absolute atomic E-state index is 0.0446. The van der Waals surface area contributed by atoms with Gasteiger partial charge < -0.3 is 15.4 Å². The van der Waals surface area contributed by atoms with Gasteiger partial charge in [-0.15, -0.1) is 10.2 Å². The number of ether oxygens (including phenoxy) is 1. The Labute approximate surface area is 166 Å². The summed E-state index contributed by atoms with van der Waals surface area (Å²) < 4.78 is 5.95. The second kappa shape index (κ2) is 9.94. The maximum atomic E-state index is 12.0. The van der Waals surface area contributed by atoms with E-state index in [9.17, 15) is 4.79 Å². The van der Waals surface area contributed by atoms with Crippen molar-refractivity contribution in [1.29, 1.82) is 0 Å². The quantitative estimate of drug-likeness (QED) is 0.535. The number of carbonyl (C=O) groups excluding carboxylic acids is 1. The summed E-state index contributed by atoms with van der Waals surface area (Å²) in [7, 11) is 1.62. The van der Waals surface area contributed by atoms with Gasteiger partial charge in [0.2, 0.25) is 11.0 Å². The van der Waals surface area contributed by atoms with Crippen molar-refractivity contribution in [2.75, 3.05) is 18.2 Å². The van der Waals surface area contributed by atoms with Gasteiger partial charge >= 0.3 is 0 Å². The average Bonchev–Trinajstić information content (AvgIpc) is 3.18. The first kappa shape index (κ1) is 19.2. The lowest BCUT2D eigenvalue weighted by Crippen LogP contribution is -2.24. The van der Waals surface area contributed by atoms with Crippen LogP contribution in [0.5, 0.6) is 5.75 Å². The number of thioether (sulfide) groups is 1. The molecular weight excluding hydrogens is 380 g/mol. The maximum absolute atomic E-state index is 12.0. The van der Waals surface area contributed by atoms with Crippen molar-refractivity contribution < 1.29 is 9.53 Å². The Morgan fingerprint density at radius 3 is 2.70 bits per heavy atom. The Balaban J connectivity index is 1.40. The van der Waals surface area contributed by atoms with Crippen LogP contribution in [0.2, 0.25) is 0 Å². The molecule has 0 unspecified atom stereocenters. The predicted molar refractivity (Wildman–Crippen MR) is 109 cm³/mol. The van der Waals surface area contributed by atoms with Crippen molar-refractivity contribution in [2.24, 2.45) is 0 Å². The van der Waals surface area contributed by atoms with E-state index in [1.54, 1.807) is 7.11 Å². The molecule has 1 amide bonds. The molecule has 2 aromatic carbocycles. The Morgan fingerprint density at radius 2 is 1.89 bits per heavy atom. The minimum atomic E-state index is -0.0446. The Morgan fingerprint density at radius 1 is 1.07 bits per heavy atom. The lowest BCUT2D eigenvalue weighted by Gasteiger charge is -2.06. The van der Waals surface area contributed by atoms with Crippen LogP contribution in [0.15, 0.2) is 58.9 Å². The normalized spacial score (nSPS) is 10.4. The van der Waals surface area contributed by atoms with Gasteiger partial charge in [-0.3, -0.25) is 4.79 Å². The Kier molecular flexibility index (Phi) is 7.06. The van der Waals surface area contributed by atoms with Gasteiger partial charge in [0.1, 0.15) is 5.75 Å². The van der Waals surface area contributed by atoms with Crippen LogP contribution < -0.4 is 15.4 Å². The fourth-order valence-corrected chi connectivity index (χ4v) is 3.85. The predicted octanol–water partition coefficient (Wildman–Crippen LogP) is 3.57. The molecule has 0 fully saturated rings. The third kappa shape index (κ3) is 6.26. The molecule has 0 aliphatic carbocycles. The SMILES string of the molecule is COc1cccc(CNC(=O)CSc2nnc(NCc3ccccc3)s2)c1. The van der Waals surface area contributed by atoms with Crippen LogP contribution in [-0.2, 0) is 17.9 Å². The number of nitrogens with zero attached hydrogens (tertiary/aromatic N) is 2.